The van der Waals surface area contributed by atoms with Crippen LogP contribution in [0.1, 0.15) is 29.9 Å². The third-order valence-corrected chi connectivity index (χ3v) is 2.87. The number of carbonyl (C=O) groups excluding carboxylic acids is 1. The van der Waals surface area contributed by atoms with E-state index in [0.717, 1.165) is 12.1 Å². The van der Waals surface area contributed by atoms with Crippen LogP contribution >= 0.6 is 0 Å². The van der Waals surface area contributed by atoms with E-state index in [9.17, 15) is 4.79 Å². The highest BCUT2D eigenvalue weighted by molar-refractivity contribution is 5.92. The fourth-order valence-electron chi connectivity index (χ4n) is 1.85. The molecule has 0 saturated heterocycles. The van der Waals surface area contributed by atoms with Crippen LogP contribution in [0.15, 0.2) is 30.6 Å². The van der Waals surface area contributed by atoms with Crippen molar-refractivity contribution in [3.63, 3.8) is 0 Å². The van der Waals surface area contributed by atoms with E-state index in [2.05, 4.69) is 11.9 Å². The van der Waals surface area contributed by atoms with Crippen molar-refractivity contribution in [1.82, 2.24) is 9.55 Å². The van der Waals surface area contributed by atoms with Gasteiger partial charge in [0.25, 0.3) is 0 Å². The van der Waals surface area contributed by atoms with Crippen molar-refractivity contribution >= 4 is 11.8 Å². The lowest BCUT2D eigenvalue weighted by molar-refractivity contribution is 0.0521. The molecule has 0 fully saturated rings. The molecule has 2 aromatic rings. The highest BCUT2D eigenvalue weighted by atomic mass is 16.5. The molecule has 0 spiro atoms. The van der Waals surface area contributed by atoms with Gasteiger partial charge in [0.15, 0.2) is 5.69 Å². The number of ether oxygens (including phenoxy) is 1. The van der Waals surface area contributed by atoms with Crippen molar-refractivity contribution in [2.24, 2.45) is 0 Å². The van der Waals surface area contributed by atoms with E-state index in [-0.39, 0.29) is 5.69 Å². The first-order valence-corrected chi connectivity index (χ1v) is 6.26. The number of hydrogen-bond donors (Lipinski definition) is 1. The second kappa shape index (κ2) is 5.56. The Labute approximate surface area is 112 Å². The number of rotatable bonds is 4. The number of benzene rings is 1. The lowest BCUT2D eigenvalue weighted by Gasteiger charge is -2.07. The van der Waals surface area contributed by atoms with Crippen LogP contribution in [0.4, 0.5) is 5.82 Å². The number of aromatic nitrogens is 2. The Bertz CT molecular complexity index is 590. The van der Waals surface area contributed by atoms with Gasteiger partial charge in [-0.1, -0.05) is 19.1 Å². The average molecular weight is 259 g/mol. The molecule has 100 valence electrons. The molecule has 0 atom stereocenters. The molecule has 1 heterocycles. The van der Waals surface area contributed by atoms with E-state index in [4.69, 9.17) is 10.5 Å². The SMILES string of the molecule is CCOC(=O)c1ncn(-c2cccc(CC)c2)c1N. The Balaban J connectivity index is 2.38. The van der Waals surface area contributed by atoms with Gasteiger partial charge in [-0.05, 0) is 31.0 Å². The average Bonchev–Trinajstić information content (AvgIpc) is 2.81. The number of carbonyl (C=O) groups is 1. The van der Waals surface area contributed by atoms with E-state index in [1.807, 2.05) is 24.3 Å². The molecule has 0 aliphatic rings. The van der Waals surface area contributed by atoms with Crippen LogP contribution in [0.2, 0.25) is 0 Å². The number of nitrogen functional groups attached to an aromatic ring is 1. The largest absolute Gasteiger partial charge is 0.461 e. The molecule has 0 saturated carbocycles. The molecule has 0 radical (unpaired) electrons. The number of nitrogens with zero attached hydrogens (tertiary/aromatic N) is 2. The number of hydrogen-bond acceptors (Lipinski definition) is 4. The summed E-state index contributed by atoms with van der Waals surface area (Å²) < 4.78 is 6.59. The highest BCUT2D eigenvalue weighted by Gasteiger charge is 2.17. The maximum Gasteiger partial charge on any atom is 0.360 e. The Kier molecular flexibility index (Phi) is 3.85. The van der Waals surface area contributed by atoms with Crippen LogP contribution in [0, 0.1) is 0 Å². The molecule has 0 aliphatic carbocycles. The van der Waals surface area contributed by atoms with Gasteiger partial charge in [0.05, 0.1) is 6.61 Å². The zero-order valence-electron chi connectivity index (χ0n) is 11.1. The summed E-state index contributed by atoms with van der Waals surface area (Å²) in [5.41, 5.74) is 8.20. The van der Waals surface area contributed by atoms with E-state index in [0.29, 0.717) is 12.4 Å². The second-order valence-corrected chi connectivity index (χ2v) is 4.09. The minimum atomic E-state index is -0.495. The van der Waals surface area contributed by atoms with Crippen LogP contribution in [0.5, 0.6) is 0 Å². The van der Waals surface area contributed by atoms with Gasteiger partial charge in [0, 0.05) is 5.69 Å². The molecular weight excluding hydrogens is 242 g/mol. The van der Waals surface area contributed by atoms with E-state index in [1.54, 1.807) is 11.5 Å². The second-order valence-electron chi connectivity index (χ2n) is 4.09. The van der Waals surface area contributed by atoms with Crippen LogP contribution in [-0.2, 0) is 11.2 Å². The van der Waals surface area contributed by atoms with Gasteiger partial charge in [-0.15, -0.1) is 0 Å². The molecule has 5 heteroatoms. The summed E-state index contributed by atoms with van der Waals surface area (Å²) in [6.45, 7) is 4.13. The van der Waals surface area contributed by atoms with Crippen molar-refractivity contribution in [1.29, 1.82) is 0 Å². The summed E-state index contributed by atoms with van der Waals surface area (Å²) in [5.74, 6) is -0.197. The molecule has 0 bridgehead atoms. The molecular formula is C14H17N3O2. The van der Waals surface area contributed by atoms with Crippen molar-refractivity contribution in [3.8, 4) is 5.69 Å². The minimum absolute atomic E-state index is 0.156. The van der Waals surface area contributed by atoms with Gasteiger partial charge in [-0.2, -0.15) is 0 Å². The number of nitrogens with two attached hydrogens (primary N) is 1. The zero-order valence-corrected chi connectivity index (χ0v) is 11.1. The number of anilines is 1. The van der Waals surface area contributed by atoms with Gasteiger partial charge >= 0.3 is 5.97 Å². The summed E-state index contributed by atoms with van der Waals surface area (Å²) in [6, 6.07) is 7.94. The molecule has 0 amide bonds. The quantitative estimate of drug-likeness (QED) is 0.854. The lowest BCUT2D eigenvalue weighted by Crippen LogP contribution is -2.09. The van der Waals surface area contributed by atoms with Gasteiger partial charge < -0.3 is 10.5 Å². The summed E-state index contributed by atoms with van der Waals surface area (Å²) >= 11 is 0. The Morgan fingerprint density at radius 1 is 1.42 bits per heavy atom. The number of esters is 1. The van der Waals surface area contributed by atoms with Gasteiger partial charge in [0.1, 0.15) is 12.1 Å². The van der Waals surface area contributed by atoms with Crippen molar-refractivity contribution < 1.29 is 9.53 Å². The summed E-state index contributed by atoms with van der Waals surface area (Å²) in [4.78, 5) is 15.7. The minimum Gasteiger partial charge on any atom is -0.461 e. The first-order chi connectivity index (χ1) is 9.17. The Morgan fingerprint density at radius 2 is 2.21 bits per heavy atom. The van der Waals surface area contributed by atoms with Crippen molar-refractivity contribution in [2.75, 3.05) is 12.3 Å². The molecule has 0 unspecified atom stereocenters. The smallest absolute Gasteiger partial charge is 0.360 e. The number of aryl methyl sites for hydroxylation is 1. The standard InChI is InChI=1S/C14H17N3O2/c1-3-10-6-5-7-11(8-10)17-9-16-12(13(17)15)14(18)19-4-2/h5-9H,3-4,15H2,1-2H3. The maximum atomic E-state index is 11.7. The fraction of sp³-hybridized carbons (Fsp3) is 0.286. The fourth-order valence-corrected chi connectivity index (χ4v) is 1.85. The summed E-state index contributed by atoms with van der Waals surface area (Å²) in [5, 5.41) is 0. The first-order valence-electron chi connectivity index (χ1n) is 6.26. The van der Waals surface area contributed by atoms with Gasteiger partial charge in [-0.3, -0.25) is 4.57 Å². The molecule has 19 heavy (non-hydrogen) atoms. The molecule has 2 N–H and O–H groups in total. The van der Waals surface area contributed by atoms with Gasteiger partial charge in [0.2, 0.25) is 0 Å². The van der Waals surface area contributed by atoms with E-state index in [1.165, 1.54) is 11.9 Å². The Hall–Kier alpha value is -2.30. The molecule has 1 aromatic heterocycles. The molecule has 2 rings (SSSR count). The van der Waals surface area contributed by atoms with Crippen molar-refractivity contribution in [3.05, 3.63) is 41.9 Å². The van der Waals surface area contributed by atoms with E-state index < -0.39 is 5.97 Å². The predicted octanol–water partition coefficient (Wildman–Crippen LogP) is 2.19. The highest BCUT2D eigenvalue weighted by Crippen LogP contribution is 2.19. The summed E-state index contributed by atoms with van der Waals surface area (Å²) in [7, 11) is 0. The normalized spacial score (nSPS) is 10.4. The number of imidazole rings is 1. The zero-order chi connectivity index (χ0) is 13.8. The monoisotopic (exact) mass is 259 g/mol. The van der Waals surface area contributed by atoms with Gasteiger partial charge in [-0.25, -0.2) is 9.78 Å². The molecule has 1 aromatic carbocycles. The third-order valence-electron chi connectivity index (χ3n) is 2.87. The van der Waals surface area contributed by atoms with Crippen molar-refractivity contribution in [2.45, 2.75) is 20.3 Å². The Morgan fingerprint density at radius 3 is 2.89 bits per heavy atom. The van der Waals surface area contributed by atoms with Crippen LogP contribution in [0.25, 0.3) is 5.69 Å². The lowest BCUT2D eigenvalue weighted by atomic mass is 10.1. The third kappa shape index (κ3) is 2.59. The van der Waals surface area contributed by atoms with Crippen LogP contribution in [0.3, 0.4) is 0 Å². The molecule has 0 aliphatic heterocycles. The first kappa shape index (κ1) is 13.1. The molecule has 5 nitrogen and oxygen atoms in total. The maximum absolute atomic E-state index is 11.7. The van der Waals surface area contributed by atoms with Crippen LogP contribution in [-0.4, -0.2) is 22.1 Å². The predicted molar refractivity (Wildman–Crippen MR) is 73.3 cm³/mol. The van der Waals surface area contributed by atoms with E-state index >= 15 is 0 Å². The van der Waals surface area contributed by atoms with Crippen LogP contribution < -0.4 is 5.73 Å². The topological polar surface area (TPSA) is 70.1 Å². The summed E-state index contributed by atoms with van der Waals surface area (Å²) in [6.07, 6.45) is 2.48.